The highest BCUT2D eigenvalue weighted by Gasteiger charge is 2.54. The standard InChI is InChI=1S/C10H16O8/c1-14-8(13)10-16-4(3-11)6-7(18-10)5(12)9(15-2)17-6/h4-7,9-12H,3H2,1-2H3. The van der Waals surface area contributed by atoms with Crippen molar-refractivity contribution in [3.8, 4) is 0 Å². The summed E-state index contributed by atoms with van der Waals surface area (Å²) in [5, 5.41) is 19.1. The van der Waals surface area contributed by atoms with E-state index in [2.05, 4.69) is 4.74 Å². The Bertz CT molecular complexity index is 308. The Kier molecular flexibility index (Phi) is 4.15. The summed E-state index contributed by atoms with van der Waals surface area (Å²) >= 11 is 0. The maximum atomic E-state index is 11.4. The molecule has 0 aliphatic carbocycles. The molecular formula is C10H16O8. The molecule has 2 aliphatic rings. The largest absolute Gasteiger partial charge is 0.465 e. The van der Waals surface area contributed by atoms with Crippen LogP contribution in [0.1, 0.15) is 0 Å². The van der Waals surface area contributed by atoms with Crippen LogP contribution >= 0.6 is 0 Å². The molecule has 0 saturated carbocycles. The van der Waals surface area contributed by atoms with Crippen LogP contribution in [0, 0.1) is 0 Å². The van der Waals surface area contributed by atoms with Crippen molar-refractivity contribution in [2.24, 2.45) is 0 Å². The van der Waals surface area contributed by atoms with Gasteiger partial charge < -0.3 is 33.9 Å². The lowest BCUT2D eigenvalue weighted by atomic mass is 10.0. The van der Waals surface area contributed by atoms with E-state index in [1.807, 2.05) is 0 Å². The quantitative estimate of drug-likeness (QED) is 0.564. The van der Waals surface area contributed by atoms with Crippen molar-refractivity contribution in [1.82, 2.24) is 0 Å². The topological polar surface area (TPSA) is 104 Å². The first-order valence-electron chi connectivity index (χ1n) is 5.48. The average molecular weight is 264 g/mol. The van der Waals surface area contributed by atoms with E-state index in [4.69, 9.17) is 18.9 Å². The van der Waals surface area contributed by atoms with Gasteiger partial charge in [0.15, 0.2) is 6.29 Å². The molecule has 0 aromatic rings. The maximum absolute atomic E-state index is 11.4. The summed E-state index contributed by atoms with van der Waals surface area (Å²) in [5.74, 6) is -0.736. The lowest BCUT2D eigenvalue weighted by Crippen LogP contribution is -2.54. The smallest absolute Gasteiger partial charge is 0.363 e. The van der Waals surface area contributed by atoms with Crippen molar-refractivity contribution < 1.29 is 38.7 Å². The second-order valence-corrected chi connectivity index (χ2v) is 4.01. The number of carbonyl (C=O) groups is 1. The van der Waals surface area contributed by atoms with Gasteiger partial charge >= 0.3 is 5.97 Å². The molecule has 2 heterocycles. The van der Waals surface area contributed by atoms with E-state index >= 15 is 0 Å². The van der Waals surface area contributed by atoms with E-state index in [1.54, 1.807) is 0 Å². The van der Waals surface area contributed by atoms with Crippen LogP contribution in [0.5, 0.6) is 0 Å². The average Bonchev–Trinajstić information content (AvgIpc) is 2.73. The Morgan fingerprint density at radius 3 is 2.50 bits per heavy atom. The first kappa shape index (κ1) is 13.7. The summed E-state index contributed by atoms with van der Waals surface area (Å²) in [7, 11) is 2.56. The highest BCUT2D eigenvalue weighted by molar-refractivity contribution is 5.73. The summed E-state index contributed by atoms with van der Waals surface area (Å²) in [5.41, 5.74) is 0. The fourth-order valence-corrected chi connectivity index (χ4v) is 2.08. The number of hydrogen-bond donors (Lipinski definition) is 2. The third-order valence-electron chi connectivity index (χ3n) is 2.98. The number of aliphatic hydroxyl groups excluding tert-OH is 2. The summed E-state index contributed by atoms with van der Waals surface area (Å²) in [6.07, 6.45) is -5.54. The number of ether oxygens (including phenoxy) is 5. The van der Waals surface area contributed by atoms with Crippen LogP contribution in [-0.4, -0.2) is 74.0 Å². The zero-order valence-electron chi connectivity index (χ0n) is 10.0. The second-order valence-electron chi connectivity index (χ2n) is 4.01. The lowest BCUT2D eigenvalue weighted by Gasteiger charge is -2.36. The summed E-state index contributed by atoms with van der Waals surface area (Å²) < 4.78 is 25.3. The molecule has 104 valence electrons. The minimum absolute atomic E-state index is 0.374. The minimum Gasteiger partial charge on any atom is -0.465 e. The molecule has 0 amide bonds. The fraction of sp³-hybridized carbons (Fsp3) is 0.900. The molecule has 6 atom stereocenters. The van der Waals surface area contributed by atoms with Crippen molar-refractivity contribution in [2.75, 3.05) is 20.8 Å². The number of aliphatic hydroxyl groups is 2. The molecule has 2 saturated heterocycles. The number of carbonyl (C=O) groups excluding carboxylic acids is 1. The fourth-order valence-electron chi connectivity index (χ4n) is 2.08. The number of esters is 1. The molecule has 18 heavy (non-hydrogen) atoms. The third kappa shape index (κ3) is 2.22. The lowest BCUT2D eigenvalue weighted by molar-refractivity contribution is -0.283. The summed E-state index contributed by atoms with van der Waals surface area (Å²) in [6, 6.07) is 0. The zero-order valence-corrected chi connectivity index (χ0v) is 10.0. The van der Waals surface area contributed by atoms with Crippen molar-refractivity contribution in [1.29, 1.82) is 0 Å². The van der Waals surface area contributed by atoms with Crippen molar-refractivity contribution in [3.63, 3.8) is 0 Å². The highest BCUT2D eigenvalue weighted by Crippen LogP contribution is 2.33. The van der Waals surface area contributed by atoms with E-state index in [9.17, 15) is 15.0 Å². The van der Waals surface area contributed by atoms with Gasteiger partial charge in [-0.3, -0.25) is 0 Å². The van der Waals surface area contributed by atoms with E-state index < -0.39 is 43.0 Å². The highest BCUT2D eigenvalue weighted by atomic mass is 16.8. The van der Waals surface area contributed by atoms with Gasteiger partial charge in [-0.15, -0.1) is 0 Å². The number of methoxy groups -OCH3 is 2. The van der Waals surface area contributed by atoms with Gasteiger partial charge in [0, 0.05) is 7.11 Å². The van der Waals surface area contributed by atoms with Crippen LogP contribution in [0.3, 0.4) is 0 Å². The van der Waals surface area contributed by atoms with E-state index in [0.29, 0.717) is 0 Å². The zero-order chi connectivity index (χ0) is 13.3. The van der Waals surface area contributed by atoms with Crippen molar-refractivity contribution >= 4 is 5.97 Å². The van der Waals surface area contributed by atoms with E-state index in [-0.39, 0.29) is 6.61 Å². The molecule has 8 heteroatoms. The van der Waals surface area contributed by atoms with Crippen molar-refractivity contribution in [2.45, 2.75) is 37.0 Å². The summed E-state index contributed by atoms with van der Waals surface area (Å²) in [4.78, 5) is 11.4. The molecule has 0 aromatic heterocycles. The molecule has 2 rings (SSSR count). The number of rotatable bonds is 3. The Morgan fingerprint density at radius 1 is 1.22 bits per heavy atom. The molecule has 0 bridgehead atoms. The van der Waals surface area contributed by atoms with Gasteiger partial charge in [-0.2, -0.15) is 0 Å². The van der Waals surface area contributed by atoms with Crippen molar-refractivity contribution in [3.05, 3.63) is 0 Å². The minimum atomic E-state index is -1.29. The Hall–Kier alpha value is -0.770. The van der Waals surface area contributed by atoms with Gasteiger partial charge in [0.05, 0.1) is 13.7 Å². The van der Waals surface area contributed by atoms with Crippen LogP contribution in [0.4, 0.5) is 0 Å². The Morgan fingerprint density at radius 2 is 1.94 bits per heavy atom. The molecular weight excluding hydrogens is 248 g/mol. The van der Waals surface area contributed by atoms with E-state index in [0.717, 1.165) is 0 Å². The van der Waals surface area contributed by atoms with E-state index in [1.165, 1.54) is 14.2 Å². The SMILES string of the molecule is COC(=O)C1OC(CO)C2OC(OC)C(O)C2O1. The monoisotopic (exact) mass is 264 g/mol. The van der Waals surface area contributed by atoms with Gasteiger partial charge in [-0.05, 0) is 0 Å². The first-order valence-corrected chi connectivity index (χ1v) is 5.48. The molecule has 6 unspecified atom stereocenters. The Labute approximate surface area is 103 Å². The van der Waals surface area contributed by atoms with Crippen LogP contribution in [0.2, 0.25) is 0 Å². The third-order valence-corrected chi connectivity index (χ3v) is 2.98. The van der Waals surface area contributed by atoms with Crippen LogP contribution in [0.15, 0.2) is 0 Å². The normalized spacial score (nSPS) is 43.6. The molecule has 2 aliphatic heterocycles. The molecule has 0 radical (unpaired) electrons. The molecule has 8 nitrogen and oxygen atoms in total. The second kappa shape index (κ2) is 5.47. The number of hydrogen-bond acceptors (Lipinski definition) is 8. The predicted molar refractivity (Wildman–Crippen MR) is 54.3 cm³/mol. The predicted octanol–water partition coefficient (Wildman–Crippen LogP) is -2.01. The number of fused-ring (bicyclic) bond motifs is 1. The maximum Gasteiger partial charge on any atom is 0.363 e. The molecule has 0 spiro atoms. The summed E-state index contributed by atoms with van der Waals surface area (Å²) in [6.45, 7) is -0.374. The Balaban J connectivity index is 2.13. The van der Waals surface area contributed by atoms with Gasteiger partial charge in [0.2, 0.25) is 0 Å². The van der Waals surface area contributed by atoms with Gasteiger partial charge in [0.1, 0.15) is 24.4 Å². The molecule has 0 aromatic carbocycles. The molecule has 2 fully saturated rings. The molecule has 2 N–H and O–H groups in total. The van der Waals surface area contributed by atoms with Crippen LogP contribution < -0.4 is 0 Å². The van der Waals surface area contributed by atoms with Gasteiger partial charge in [0.25, 0.3) is 6.29 Å². The van der Waals surface area contributed by atoms with Crippen LogP contribution in [0.25, 0.3) is 0 Å². The first-order chi connectivity index (χ1) is 8.62. The van der Waals surface area contributed by atoms with Crippen LogP contribution in [-0.2, 0) is 28.5 Å². The van der Waals surface area contributed by atoms with Gasteiger partial charge in [-0.25, -0.2) is 4.79 Å². The van der Waals surface area contributed by atoms with Gasteiger partial charge in [-0.1, -0.05) is 0 Å².